The quantitative estimate of drug-likeness (QED) is 0.559. The zero-order valence-electron chi connectivity index (χ0n) is 14.9. The minimum Gasteiger partial charge on any atom is -0.505 e. The molecule has 1 heterocycles. The van der Waals surface area contributed by atoms with Gasteiger partial charge in [-0.1, -0.05) is 72.8 Å². The van der Waals surface area contributed by atoms with Crippen LogP contribution < -0.4 is 10.9 Å². The molecule has 0 saturated heterocycles. The van der Waals surface area contributed by atoms with Gasteiger partial charge in [0.05, 0.1) is 6.42 Å². The number of amides is 1. The summed E-state index contributed by atoms with van der Waals surface area (Å²) in [5.41, 5.74) is 0.430. The van der Waals surface area contributed by atoms with E-state index in [0.717, 1.165) is 16.3 Å². The molecular formula is C23H17NO4. The minimum atomic E-state index is -0.801. The molecule has 0 aliphatic carbocycles. The number of rotatable bonds is 4. The van der Waals surface area contributed by atoms with Crippen LogP contribution >= 0.6 is 0 Å². The number of nitrogens with one attached hydrogen (secondary N) is 1. The maximum atomic E-state index is 12.5. The van der Waals surface area contributed by atoms with Crippen molar-refractivity contribution in [2.75, 3.05) is 5.32 Å². The fraction of sp³-hybridized carbons (Fsp3) is 0.0435. The molecule has 2 N–H and O–H groups in total. The van der Waals surface area contributed by atoms with Crippen molar-refractivity contribution in [2.45, 2.75) is 6.42 Å². The summed E-state index contributed by atoms with van der Waals surface area (Å²) in [5.74, 6) is -0.511. The number of fused-ring (bicyclic) bond motifs is 1. The molecule has 0 unspecified atom stereocenters. The van der Waals surface area contributed by atoms with E-state index in [1.807, 2.05) is 48.5 Å². The Morgan fingerprint density at radius 3 is 2.43 bits per heavy atom. The molecule has 3 aromatic carbocycles. The van der Waals surface area contributed by atoms with Gasteiger partial charge in [0.15, 0.2) is 5.69 Å². The van der Waals surface area contributed by atoms with Gasteiger partial charge < -0.3 is 14.8 Å². The van der Waals surface area contributed by atoms with Crippen LogP contribution in [0.5, 0.6) is 5.75 Å². The predicted molar refractivity (Wildman–Crippen MR) is 108 cm³/mol. The van der Waals surface area contributed by atoms with Crippen LogP contribution in [0.15, 0.2) is 88.1 Å². The Morgan fingerprint density at radius 1 is 0.929 bits per heavy atom. The van der Waals surface area contributed by atoms with Gasteiger partial charge >= 0.3 is 5.63 Å². The van der Waals surface area contributed by atoms with E-state index >= 15 is 0 Å². The van der Waals surface area contributed by atoms with Crippen LogP contribution in [0.3, 0.4) is 0 Å². The predicted octanol–water partition coefficient (Wildman–Crippen LogP) is 4.35. The highest BCUT2D eigenvalue weighted by molar-refractivity contribution is 5.97. The van der Waals surface area contributed by atoms with Crippen LogP contribution in [0.4, 0.5) is 5.69 Å². The van der Waals surface area contributed by atoms with Crippen molar-refractivity contribution in [1.29, 1.82) is 0 Å². The molecule has 1 amide bonds. The molecule has 0 fully saturated rings. The Balaban J connectivity index is 1.59. The zero-order chi connectivity index (χ0) is 19.5. The Morgan fingerprint density at radius 2 is 1.64 bits per heavy atom. The second-order valence-electron chi connectivity index (χ2n) is 6.39. The zero-order valence-corrected chi connectivity index (χ0v) is 14.9. The summed E-state index contributed by atoms with van der Waals surface area (Å²) in [6, 6.07) is 23.8. The molecule has 5 heteroatoms. The summed E-state index contributed by atoms with van der Waals surface area (Å²) < 4.78 is 5.27. The van der Waals surface area contributed by atoms with Gasteiger partial charge in [0, 0.05) is 11.6 Å². The summed E-state index contributed by atoms with van der Waals surface area (Å²) in [4.78, 5) is 24.8. The molecular weight excluding hydrogens is 354 g/mol. The molecule has 0 aliphatic heterocycles. The highest BCUT2D eigenvalue weighted by Gasteiger charge is 2.16. The SMILES string of the molecule is O=C(Cc1cccc2ccccc12)Nc1c(O)cc(-c2ccccc2)oc1=O. The van der Waals surface area contributed by atoms with E-state index in [-0.39, 0.29) is 23.6 Å². The van der Waals surface area contributed by atoms with E-state index in [4.69, 9.17) is 4.42 Å². The highest BCUT2D eigenvalue weighted by atomic mass is 16.4. The standard InChI is InChI=1S/C23H17NO4/c25-19-14-20(16-8-2-1-3-9-16)28-23(27)22(19)24-21(26)13-17-11-6-10-15-7-4-5-12-18(15)17/h1-12,14,25H,13H2,(H,24,26). The number of benzene rings is 3. The van der Waals surface area contributed by atoms with Crippen LogP contribution in [0.2, 0.25) is 0 Å². The van der Waals surface area contributed by atoms with Crippen molar-refractivity contribution in [3.8, 4) is 17.1 Å². The summed E-state index contributed by atoms with van der Waals surface area (Å²) in [6.45, 7) is 0. The van der Waals surface area contributed by atoms with Crippen molar-refractivity contribution in [3.05, 3.63) is 94.8 Å². The van der Waals surface area contributed by atoms with Gasteiger partial charge in [-0.3, -0.25) is 4.79 Å². The van der Waals surface area contributed by atoms with Gasteiger partial charge in [-0.05, 0) is 16.3 Å². The molecule has 0 spiro atoms. The van der Waals surface area contributed by atoms with Gasteiger partial charge in [-0.15, -0.1) is 0 Å². The van der Waals surface area contributed by atoms with Crippen LogP contribution in [-0.4, -0.2) is 11.0 Å². The lowest BCUT2D eigenvalue weighted by Crippen LogP contribution is -2.20. The van der Waals surface area contributed by atoms with Gasteiger partial charge in [0.1, 0.15) is 11.5 Å². The van der Waals surface area contributed by atoms with E-state index in [1.165, 1.54) is 6.07 Å². The molecule has 5 nitrogen and oxygen atoms in total. The van der Waals surface area contributed by atoms with Crippen LogP contribution in [0.25, 0.3) is 22.1 Å². The second kappa shape index (κ2) is 7.40. The highest BCUT2D eigenvalue weighted by Crippen LogP contribution is 2.27. The first kappa shape index (κ1) is 17.5. The Labute approximate surface area is 160 Å². The first-order valence-electron chi connectivity index (χ1n) is 8.81. The smallest absolute Gasteiger partial charge is 0.364 e. The number of carbonyl (C=O) groups excluding carboxylic acids is 1. The summed E-state index contributed by atoms with van der Waals surface area (Å²) in [6.07, 6.45) is 0.0701. The number of anilines is 1. The van der Waals surface area contributed by atoms with Crippen LogP contribution in [0.1, 0.15) is 5.56 Å². The Hall–Kier alpha value is -3.86. The number of hydrogen-bond donors (Lipinski definition) is 2. The minimum absolute atomic E-state index is 0.0701. The normalized spacial score (nSPS) is 10.7. The molecule has 0 saturated carbocycles. The number of aromatic hydroxyl groups is 1. The first-order chi connectivity index (χ1) is 13.6. The largest absolute Gasteiger partial charge is 0.505 e. The molecule has 28 heavy (non-hydrogen) atoms. The fourth-order valence-electron chi connectivity index (χ4n) is 3.14. The van der Waals surface area contributed by atoms with Gasteiger partial charge in [-0.2, -0.15) is 0 Å². The Kier molecular flexibility index (Phi) is 4.64. The van der Waals surface area contributed by atoms with Crippen molar-refractivity contribution in [2.24, 2.45) is 0 Å². The van der Waals surface area contributed by atoms with Crippen LogP contribution in [-0.2, 0) is 11.2 Å². The molecule has 138 valence electrons. The topological polar surface area (TPSA) is 79.5 Å². The average molecular weight is 371 g/mol. The fourth-order valence-corrected chi connectivity index (χ4v) is 3.14. The van der Waals surface area contributed by atoms with E-state index < -0.39 is 11.5 Å². The lowest BCUT2D eigenvalue weighted by Gasteiger charge is -2.09. The van der Waals surface area contributed by atoms with Crippen molar-refractivity contribution >= 4 is 22.4 Å². The van der Waals surface area contributed by atoms with Crippen LogP contribution in [0, 0.1) is 0 Å². The van der Waals surface area contributed by atoms with Crippen molar-refractivity contribution < 1.29 is 14.3 Å². The third-order valence-electron chi connectivity index (χ3n) is 4.48. The lowest BCUT2D eigenvalue weighted by atomic mass is 10.0. The molecule has 0 atom stereocenters. The first-order valence-corrected chi connectivity index (χ1v) is 8.81. The maximum Gasteiger partial charge on any atom is 0.364 e. The average Bonchev–Trinajstić information content (AvgIpc) is 2.71. The third-order valence-corrected chi connectivity index (χ3v) is 4.48. The van der Waals surface area contributed by atoms with Gasteiger partial charge in [0.2, 0.25) is 5.91 Å². The van der Waals surface area contributed by atoms with Crippen molar-refractivity contribution in [1.82, 2.24) is 0 Å². The monoisotopic (exact) mass is 371 g/mol. The summed E-state index contributed by atoms with van der Waals surface area (Å²) in [7, 11) is 0. The van der Waals surface area contributed by atoms with E-state index in [9.17, 15) is 14.7 Å². The molecule has 1 aromatic heterocycles. The van der Waals surface area contributed by atoms with E-state index in [2.05, 4.69) is 5.32 Å². The number of carbonyl (C=O) groups is 1. The molecule has 0 aliphatic rings. The van der Waals surface area contributed by atoms with E-state index in [0.29, 0.717) is 5.56 Å². The second-order valence-corrected chi connectivity index (χ2v) is 6.39. The van der Waals surface area contributed by atoms with Gasteiger partial charge in [-0.25, -0.2) is 4.79 Å². The molecule has 4 aromatic rings. The van der Waals surface area contributed by atoms with E-state index in [1.54, 1.807) is 24.3 Å². The van der Waals surface area contributed by atoms with Gasteiger partial charge in [0.25, 0.3) is 0 Å². The van der Waals surface area contributed by atoms with Crippen molar-refractivity contribution in [3.63, 3.8) is 0 Å². The molecule has 4 rings (SSSR count). The number of hydrogen-bond acceptors (Lipinski definition) is 4. The lowest BCUT2D eigenvalue weighted by molar-refractivity contribution is -0.115. The molecule has 0 radical (unpaired) electrons. The summed E-state index contributed by atoms with van der Waals surface area (Å²) in [5, 5.41) is 14.7. The maximum absolute atomic E-state index is 12.5. The Bertz CT molecular complexity index is 1210. The third kappa shape index (κ3) is 3.50. The molecule has 0 bridgehead atoms. The summed E-state index contributed by atoms with van der Waals surface area (Å²) >= 11 is 0.